The molecular weight excluding hydrogens is 396 g/mol. The number of rotatable bonds is 5. The fraction of sp³-hybridized carbons (Fsp3) is 0.100. The number of carbonyl (C=O) groups is 1. The highest BCUT2D eigenvalue weighted by Crippen LogP contribution is 2.18. The van der Waals surface area contributed by atoms with Gasteiger partial charge < -0.3 is 9.73 Å². The highest BCUT2D eigenvalue weighted by molar-refractivity contribution is 5.90. The van der Waals surface area contributed by atoms with Crippen molar-refractivity contribution in [1.29, 1.82) is 0 Å². The fourth-order valence-corrected chi connectivity index (χ4v) is 2.80. The van der Waals surface area contributed by atoms with Crippen molar-refractivity contribution in [2.24, 2.45) is 0 Å². The molecule has 1 N–H and O–H groups in total. The van der Waals surface area contributed by atoms with Gasteiger partial charge in [0, 0.05) is 11.6 Å². The lowest BCUT2D eigenvalue weighted by atomic mass is 10.2. The number of aromatic nitrogens is 4. The molecule has 0 fully saturated rings. The van der Waals surface area contributed by atoms with Gasteiger partial charge in [0.1, 0.15) is 24.0 Å². The number of aryl methyl sites for hydroxylation is 1. The molecule has 152 valence electrons. The largest absolute Gasteiger partial charge is 0.437 e. The van der Waals surface area contributed by atoms with Crippen LogP contribution < -0.4 is 11.1 Å². The fourth-order valence-electron chi connectivity index (χ4n) is 2.80. The van der Waals surface area contributed by atoms with Gasteiger partial charge in [0.05, 0.1) is 11.4 Å². The molecule has 10 heteroatoms. The molecule has 0 bridgehead atoms. The Bertz CT molecular complexity index is 1260. The normalized spacial score (nSPS) is 10.9. The molecule has 0 atom stereocenters. The van der Waals surface area contributed by atoms with E-state index in [4.69, 9.17) is 4.42 Å². The van der Waals surface area contributed by atoms with Crippen molar-refractivity contribution < 1.29 is 18.0 Å². The number of carbonyl (C=O) groups excluding carboxylic acids is 1. The molecule has 0 unspecified atom stereocenters. The molecule has 0 aliphatic carbocycles. The number of nitrogens with zero attached hydrogens (tertiary/aromatic N) is 4. The quantitative estimate of drug-likeness (QED) is 0.545. The van der Waals surface area contributed by atoms with Gasteiger partial charge in [-0.3, -0.25) is 4.79 Å². The lowest BCUT2D eigenvalue weighted by molar-refractivity contribution is -0.117. The molecule has 0 saturated heterocycles. The number of hydrogen-bond donors (Lipinski definition) is 1. The first-order valence-electron chi connectivity index (χ1n) is 8.85. The minimum atomic E-state index is -0.826. The molecule has 2 heterocycles. The molecule has 0 spiro atoms. The number of hydrogen-bond acceptors (Lipinski definition) is 5. The van der Waals surface area contributed by atoms with Crippen LogP contribution in [-0.2, 0) is 11.3 Å². The first-order chi connectivity index (χ1) is 14.4. The first kappa shape index (κ1) is 19.2. The maximum atomic E-state index is 13.2. The van der Waals surface area contributed by atoms with E-state index in [-0.39, 0.29) is 5.89 Å². The average molecular weight is 411 g/mol. The van der Waals surface area contributed by atoms with E-state index in [2.05, 4.69) is 15.5 Å². The summed E-state index contributed by atoms with van der Waals surface area (Å²) in [6.07, 6.45) is 0. The molecule has 0 aliphatic heterocycles. The van der Waals surface area contributed by atoms with E-state index < -0.39 is 29.8 Å². The smallest absolute Gasteiger partial charge is 0.388 e. The van der Waals surface area contributed by atoms with E-state index in [1.54, 1.807) is 13.0 Å². The van der Waals surface area contributed by atoms with E-state index in [0.29, 0.717) is 22.8 Å². The van der Waals surface area contributed by atoms with Gasteiger partial charge in [0.25, 0.3) is 0 Å². The minimum absolute atomic E-state index is 0.0278. The molecule has 2 aromatic carbocycles. The standard InChI is InChI=1S/C20H15F2N5O3/c1-12-10-17(27(24-12)16-8-6-15(22)7-9-16)23-18(28)11-26-20(29)30-19(25-26)13-2-4-14(21)5-3-13/h2-10H,11H2,1H3,(H,23,28). The lowest BCUT2D eigenvalue weighted by Crippen LogP contribution is -2.26. The maximum absolute atomic E-state index is 13.2. The SMILES string of the molecule is Cc1cc(NC(=O)Cn2nc(-c3ccc(F)cc3)oc2=O)n(-c2ccc(F)cc2)n1. The molecule has 8 nitrogen and oxygen atoms in total. The predicted octanol–water partition coefficient (Wildman–Crippen LogP) is 2.91. The Morgan fingerprint density at radius 1 is 1.03 bits per heavy atom. The van der Waals surface area contributed by atoms with Crippen LogP contribution in [0.5, 0.6) is 0 Å². The summed E-state index contributed by atoms with van der Waals surface area (Å²) in [6, 6.07) is 12.5. The van der Waals surface area contributed by atoms with Crippen LogP contribution in [0.2, 0.25) is 0 Å². The Morgan fingerprint density at radius 2 is 1.67 bits per heavy atom. The van der Waals surface area contributed by atoms with Crippen LogP contribution >= 0.6 is 0 Å². The molecule has 4 aromatic rings. The monoisotopic (exact) mass is 411 g/mol. The molecule has 30 heavy (non-hydrogen) atoms. The van der Waals surface area contributed by atoms with Crippen molar-refractivity contribution in [3.63, 3.8) is 0 Å². The van der Waals surface area contributed by atoms with Crippen molar-refractivity contribution in [2.75, 3.05) is 5.32 Å². The van der Waals surface area contributed by atoms with E-state index in [1.807, 2.05) is 0 Å². The van der Waals surface area contributed by atoms with Gasteiger partial charge in [-0.25, -0.2) is 18.3 Å². The van der Waals surface area contributed by atoms with Crippen molar-refractivity contribution in [1.82, 2.24) is 19.6 Å². The maximum Gasteiger partial charge on any atom is 0.437 e. The second kappa shape index (κ2) is 7.74. The summed E-state index contributed by atoms with van der Waals surface area (Å²) in [7, 11) is 0. The molecular formula is C20H15F2N5O3. The highest BCUT2D eigenvalue weighted by atomic mass is 19.1. The molecule has 2 aromatic heterocycles. The third-order valence-electron chi connectivity index (χ3n) is 4.16. The van der Waals surface area contributed by atoms with Gasteiger partial charge >= 0.3 is 5.76 Å². The Labute approximate surface area is 168 Å². The van der Waals surface area contributed by atoms with Gasteiger partial charge in [0.15, 0.2) is 0 Å². The molecule has 0 aliphatic rings. The number of nitrogens with one attached hydrogen (secondary N) is 1. The molecule has 1 amide bonds. The summed E-state index contributed by atoms with van der Waals surface area (Å²) in [5.74, 6) is -1.88. The third kappa shape index (κ3) is 4.02. The second-order valence-electron chi connectivity index (χ2n) is 6.45. The Hall–Kier alpha value is -4.08. The molecule has 0 saturated carbocycles. The number of anilines is 1. The second-order valence-corrected chi connectivity index (χ2v) is 6.45. The van der Waals surface area contributed by atoms with Crippen LogP contribution in [0.25, 0.3) is 17.1 Å². The van der Waals surface area contributed by atoms with Crippen LogP contribution in [0.15, 0.2) is 63.8 Å². The summed E-state index contributed by atoms with van der Waals surface area (Å²) < 4.78 is 33.6. The first-order valence-corrected chi connectivity index (χ1v) is 8.85. The zero-order chi connectivity index (χ0) is 21.3. The van der Waals surface area contributed by atoms with E-state index in [1.165, 1.54) is 53.2 Å². The lowest BCUT2D eigenvalue weighted by Gasteiger charge is -2.08. The van der Waals surface area contributed by atoms with Gasteiger partial charge in [-0.2, -0.15) is 9.78 Å². The van der Waals surface area contributed by atoms with Crippen LogP contribution in [0.1, 0.15) is 5.69 Å². The Balaban J connectivity index is 1.53. The zero-order valence-electron chi connectivity index (χ0n) is 15.7. The van der Waals surface area contributed by atoms with Crippen molar-refractivity contribution >= 4 is 11.7 Å². The van der Waals surface area contributed by atoms with Crippen LogP contribution in [0.4, 0.5) is 14.6 Å². The summed E-state index contributed by atoms with van der Waals surface area (Å²) in [5.41, 5.74) is 1.58. The zero-order valence-corrected chi connectivity index (χ0v) is 15.7. The van der Waals surface area contributed by atoms with Crippen LogP contribution in [0, 0.1) is 18.6 Å². The van der Waals surface area contributed by atoms with Gasteiger partial charge in [-0.1, -0.05) is 0 Å². The summed E-state index contributed by atoms with van der Waals surface area (Å²) in [6.45, 7) is 1.34. The summed E-state index contributed by atoms with van der Waals surface area (Å²) >= 11 is 0. The third-order valence-corrected chi connectivity index (χ3v) is 4.16. The van der Waals surface area contributed by atoms with Crippen molar-refractivity contribution in [3.8, 4) is 17.1 Å². The van der Waals surface area contributed by atoms with Crippen LogP contribution in [-0.4, -0.2) is 25.5 Å². The summed E-state index contributed by atoms with van der Waals surface area (Å²) in [5, 5.41) is 10.9. The Morgan fingerprint density at radius 3 is 2.33 bits per heavy atom. The topological polar surface area (TPSA) is 95.0 Å². The predicted molar refractivity (Wildman–Crippen MR) is 103 cm³/mol. The number of halogens is 2. The Kier molecular flexibility index (Phi) is 4.97. The minimum Gasteiger partial charge on any atom is -0.388 e. The van der Waals surface area contributed by atoms with Crippen LogP contribution in [0.3, 0.4) is 0 Å². The highest BCUT2D eigenvalue weighted by Gasteiger charge is 2.16. The number of amides is 1. The van der Waals surface area contributed by atoms with Crippen molar-refractivity contribution in [3.05, 3.63) is 82.5 Å². The van der Waals surface area contributed by atoms with Gasteiger partial charge in [0.2, 0.25) is 11.8 Å². The van der Waals surface area contributed by atoms with E-state index >= 15 is 0 Å². The van der Waals surface area contributed by atoms with Crippen molar-refractivity contribution in [2.45, 2.75) is 13.5 Å². The van der Waals surface area contributed by atoms with E-state index in [0.717, 1.165) is 4.68 Å². The average Bonchev–Trinajstić information content (AvgIpc) is 3.25. The molecule has 0 radical (unpaired) electrons. The number of benzene rings is 2. The molecule has 4 rings (SSSR count). The van der Waals surface area contributed by atoms with Gasteiger partial charge in [-0.15, -0.1) is 5.10 Å². The van der Waals surface area contributed by atoms with E-state index in [9.17, 15) is 18.4 Å². The summed E-state index contributed by atoms with van der Waals surface area (Å²) in [4.78, 5) is 24.5. The van der Waals surface area contributed by atoms with Gasteiger partial charge in [-0.05, 0) is 55.5 Å².